The molecule has 0 amide bonds. The molecule has 21 heavy (non-hydrogen) atoms. The third-order valence-corrected chi connectivity index (χ3v) is 6.40. The van der Waals surface area contributed by atoms with Crippen LogP contribution in [0.5, 0.6) is 0 Å². The van der Waals surface area contributed by atoms with E-state index in [1.807, 2.05) is 30.3 Å². The molecule has 0 unspecified atom stereocenters. The number of nitrogens with two attached hydrogens (primary N) is 1. The molecular formula is C12H19N3O4S2. The normalized spacial score (nSPS) is 18.7. The second-order valence-electron chi connectivity index (χ2n) is 4.89. The monoisotopic (exact) mass is 333 g/mol. The van der Waals surface area contributed by atoms with E-state index in [1.165, 1.54) is 4.31 Å². The van der Waals surface area contributed by atoms with Gasteiger partial charge < -0.3 is 0 Å². The van der Waals surface area contributed by atoms with Gasteiger partial charge in [-0.3, -0.25) is 0 Å². The van der Waals surface area contributed by atoms with E-state index in [0.717, 1.165) is 9.87 Å². The molecule has 1 aromatic rings. The molecule has 118 valence electrons. The number of rotatable bonds is 5. The number of sulfonamides is 1. The van der Waals surface area contributed by atoms with Crippen LogP contribution in [0.15, 0.2) is 30.3 Å². The molecule has 2 rings (SSSR count). The topological polar surface area (TPSA) is 101 Å². The zero-order valence-corrected chi connectivity index (χ0v) is 13.2. The lowest BCUT2D eigenvalue weighted by Gasteiger charge is -2.32. The predicted octanol–water partition coefficient (Wildman–Crippen LogP) is -0.620. The van der Waals surface area contributed by atoms with Crippen molar-refractivity contribution in [3.63, 3.8) is 0 Å². The molecule has 1 fully saturated rings. The van der Waals surface area contributed by atoms with Crippen molar-refractivity contribution in [2.24, 2.45) is 5.14 Å². The van der Waals surface area contributed by atoms with Gasteiger partial charge in [0.25, 0.3) is 10.2 Å². The summed E-state index contributed by atoms with van der Waals surface area (Å²) in [5, 5.41) is 5.03. The Hall–Kier alpha value is -1.00. The Bertz CT molecular complexity index is 666. The van der Waals surface area contributed by atoms with Gasteiger partial charge in [0.15, 0.2) is 0 Å². The SMILES string of the molecule is NS(=O)(=O)N1CCN(S(=O)(=O)CCc2ccccc2)CC1. The van der Waals surface area contributed by atoms with Gasteiger partial charge in [-0.15, -0.1) is 0 Å². The number of piperazine rings is 1. The number of nitrogens with zero attached hydrogens (tertiary/aromatic N) is 2. The third kappa shape index (κ3) is 4.48. The Kier molecular flexibility index (Phi) is 4.99. The van der Waals surface area contributed by atoms with Crippen molar-refractivity contribution in [2.45, 2.75) is 6.42 Å². The standard InChI is InChI=1S/C12H19N3O4S2/c13-21(18,19)15-9-7-14(8-10-15)20(16,17)11-6-12-4-2-1-3-5-12/h1-5H,6-11H2,(H2,13,18,19). The summed E-state index contributed by atoms with van der Waals surface area (Å²) in [6.07, 6.45) is 0.443. The Morgan fingerprint density at radius 1 is 0.905 bits per heavy atom. The minimum absolute atomic E-state index is 0.0202. The number of benzene rings is 1. The second-order valence-corrected chi connectivity index (χ2v) is 8.53. The van der Waals surface area contributed by atoms with Crippen LogP contribution in [-0.2, 0) is 26.7 Å². The first kappa shape index (κ1) is 16.4. The highest BCUT2D eigenvalue weighted by Gasteiger charge is 2.30. The van der Waals surface area contributed by atoms with Crippen LogP contribution in [0.25, 0.3) is 0 Å². The molecule has 1 aliphatic rings. The lowest BCUT2D eigenvalue weighted by Crippen LogP contribution is -2.52. The van der Waals surface area contributed by atoms with Crippen LogP contribution < -0.4 is 5.14 Å². The maximum Gasteiger partial charge on any atom is 0.276 e. The van der Waals surface area contributed by atoms with Crippen LogP contribution in [0.4, 0.5) is 0 Å². The molecule has 9 heteroatoms. The van der Waals surface area contributed by atoms with E-state index in [9.17, 15) is 16.8 Å². The summed E-state index contributed by atoms with van der Waals surface area (Å²) in [5.41, 5.74) is 0.962. The molecule has 1 saturated heterocycles. The zero-order chi connectivity index (χ0) is 15.5. The quantitative estimate of drug-likeness (QED) is 0.776. The van der Waals surface area contributed by atoms with Crippen LogP contribution in [0.1, 0.15) is 5.56 Å². The lowest BCUT2D eigenvalue weighted by atomic mass is 10.2. The van der Waals surface area contributed by atoms with Gasteiger partial charge in [-0.25, -0.2) is 13.6 Å². The third-order valence-electron chi connectivity index (χ3n) is 3.44. The van der Waals surface area contributed by atoms with E-state index in [4.69, 9.17) is 5.14 Å². The number of hydrogen-bond acceptors (Lipinski definition) is 4. The van der Waals surface area contributed by atoms with Crippen molar-refractivity contribution in [2.75, 3.05) is 31.9 Å². The average molecular weight is 333 g/mol. The van der Waals surface area contributed by atoms with Gasteiger partial charge in [0.2, 0.25) is 10.0 Å². The lowest BCUT2D eigenvalue weighted by molar-refractivity contribution is 0.273. The zero-order valence-electron chi connectivity index (χ0n) is 11.6. The highest BCUT2D eigenvalue weighted by molar-refractivity contribution is 7.89. The molecule has 0 bridgehead atoms. The summed E-state index contributed by atoms with van der Waals surface area (Å²) < 4.78 is 49.3. The molecule has 1 heterocycles. The minimum Gasteiger partial charge on any atom is -0.216 e. The van der Waals surface area contributed by atoms with Crippen LogP contribution in [0.3, 0.4) is 0 Å². The van der Waals surface area contributed by atoms with Gasteiger partial charge in [-0.05, 0) is 12.0 Å². The van der Waals surface area contributed by atoms with Crippen LogP contribution >= 0.6 is 0 Å². The first-order valence-electron chi connectivity index (χ1n) is 6.59. The molecule has 0 radical (unpaired) electrons. The second kappa shape index (κ2) is 6.41. The van der Waals surface area contributed by atoms with Gasteiger partial charge in [0.1, 0.15) is 0 Å². The van der Waals surface area contributed by atoms with Gasteiger partial charge in [-0.1, -0.05) is 30.3 Å². The molecule has 0 aromatic heterocycles. The van der Waals surface area contributed by atoms with Crippen molar-refractivity contribution < 1.29 is 16.8 Å². The van der Waals surface area contributed by atoms with E-state index < -0.39 is 20.2 Å². The average Bonchev–Trinajstić information content (AvgIpc) is 2.46. The smallest absolute Gasteiger partial charge is 0.216 e. The molecule has 7 nitrogen and oxygen atoms in total. The van der Waals surface area contributed by atoms with Gasteiger partial charge >= 0.3 is 0 Å². The Balaban J connectivity index is 1.93. The maximum atomic E-state index is 12.2. The molecule has 0 atom stereocenters. The summed E-state index contributed by atoms with van der Waals surface area (Å²) in [7, 11) is -7.12. The first-order chi connectivity index (χ1) is 9.79. The van der Waals surface area contributed by atoms with Crippen molar-refractivity contribution in [1.82, 2.24) is 8.61 Å². The molecule has 0 spiro atoms. The summed E-state index contributed by atoms with van der Waals surface area (Å²) in [6.45, 7) is 0.494. The van der Waals surface area contributed by atoms with E-state index in [-0.39, 0.29) is 31.9 Å². The van der Waals surface area contributed by atoms with Crippen LogP contribution in [0.2, 0.25) is 0 Å². The fourth-order valence-corrected chi connectivity index (χ4v) is 4.37. The van der Waals surface area contributed by atoms with Gasteiger partial charge in [0.05, 0.1) is 5.75 Å². The van der Waals surface area contributed by atoms with Crippen LogP contribution in [-0.4, -0.2) is 57.4 Å². The fraction of sp³-hybridized carbons (Fsp3) is 0.500. The molecule has 0 aliphatic carbocycles. The maximum absolute atomic E-state index is 12.2. The summed E-state index contributed by atoms with van der Waals surface area (Å²) >= 11 is 0. The molecule has 0 saturated carbocycles. The Labute approximate surface area is 125 Å². The highest BCUT2D eigenvalue weighted by atomic mass is 32.2. The first-order valence-corrected chi connectivity index (χ1v) is 9.70. The van der Waals surface area contributed by atoms with Crippen molar-refractivity contribution in [3.8, 4) is 0 Å². The largest absolute Gasteiger partial charge is 0.276 e. The van der Waals surface area contributed by atoms with Gasteiger partial charge in [-0.2, -0.15) is 17.0 Å². The van der Waals surface area contributed by atoms with Crippen LogP contribution in [0, 0.1) is 0 Å². The van der Waals surface area contributed by atoms with Crippen molar-refractivity contribution >= 4 is 20.2 Å². The highest BCUT2D eigenvalue weighted by Crippen LogP contribution is 2.11. The van der Waals surface area contributed by atoms with E-state index >= 15 is 0 Å². The Morgan fingerprint density at radius 2 is 1.43 bits per heavy atom. The molecule has 2 N–H and O–H groups in total. The van der Waals surface area contributed by atoms with E-state index in [2.05, 4.69) is 0 Å². The summed E-state index contributed by atoms with van der Waals surface area (Å²) in [6, 6.07) is 9.38. The summed E-state index contributed by atoms with van der Waals surface area (Å²) in [4.78, 5) is 0. The fourth-order valence-electron chi connectivity index (χ4n) is 2.22. The molecule has 1 aromatic carbocycles. The van der Waals surface area contributed by atoms with Gasteiger partial charge in [0, 0.05) is 26.2 Å². The number of aryl methyl sites for hydroxylation is 1. The van der Waals surface area contributed by atoms with Crippen molar-refractivity contribution in [1.29, 1.82) is 0 Å². The molecular weight excluding hydrogens is 314 g/mol. The van der Waals surface area contributed by atoms with E-state index in [0.29, 0.717) is 6.42 Å². The van der Waals surface area contributed by atoms with E-state index in [1.54, 1.807) is 0 Å². The number of hydrogen-bond donors (Lipinski definition) is 1. The summed E-state index contributed by atoms with van der Waals surface area (Å²) in [5.74, 6) is 0.0202. The molecule has 1 aliphatic heterocycles. The Morgan fingerprint density at radius 3 is 1.95 bits per heavy atom. The van der Waals surface area contributed by atoms with Crippen molar-refractivity contribution in [3.05, 3.63) is 35.9 Å². The minimum atomic E-state index is -3.74. The predicted molar refractivity (Wildman–Crippen MR) is 80.2 cm³/mol.